The van der Waals surface area contributed by atoms with E-state index in [0.29, 0.717) is 12.0 Å². The quantitative estimate of drug-likeness (QED) is 0.441. The molecule has 7 heteroatoms. The molecule has 0 saturated carbocycles. The Kier molecular flexibility index (Phi) is 5.24. The third-order valence-corrected chi connectivity index (χ3v) is 8.07. The number of rotatable bonds is 5. The average Bonchev–Trinajstić information content (AvgIpc) is 3.47. The topological polar surface area (TPSA) is 71.4 Å². The normalized spacial score (nSPS) is 20.8. The summed E-state index contributed by atoms with van der Waals surface area (Å²) in [6.07, 6.45) is 2.32. The smallest absolute Gasteiger partial charge is 0.325 e. The van der Waals surface area contributed by atoms with Crippen molar-refractivity contribution in [1.29, 1.82) is 0 Å². The van der Waals surface area contributed by atoms with Gasteiger partial charge in [-0.1, -0.05) is 30.3 Å². The summed E-state index contributed by atoms with van der Waals surface area (Å²) >= 11 is 1.62. The standard InChI is InChI=1S/C26H27N3O3S/c1-16-14-20(18(3)29(16)17(2)19-8-5-4-6-9-19)22(30)15-28-24(31)26(27-25(28)32)12-7-10-23-21(26)11-13-33-23/h4-6,8-9,11,13-14,17H,7,10,12,15H2,1-3H3,(H,27,32)/t17-,26+/m0/s1. The Balaban J connectivity index is 1.41. The summed E-state index contributed by atoms with van der Waals surface area (Å²) in [6.45, 7) is 5.75. The Morgan fingerprint density at radius 3 is 2.70 bits per heavy atom. The highest BCUT2D eigenvalue weighted by Gasteiger charge is 2.54. The van der Waals surface area contributed by atoms with Crippen LogP contribution in [-0.2, 0) is 16.8 Å². The lowest BCUT2D eigenvalue weighted by atomic mass is 9.80. The van der Waals surface area contributed by atoms with Crippen LogP contribution in [-0.4, -0.2) is 33.7 Å². The van der Waals surface area contributed by atoms with Gasteiger partial charge in [-0.05, 0) is 63.1 Å². The van der Waals surface area contributed by atoms with E-state index in [1.165, 1.54) is 0 Å². The van der Waals surface area contributed by atoms with Crippen LogP contribution in [0.1, 0.15) is 63.6 Å². The SMILES string of the molecule is Cc1cc(C(=O)CN2C(=O)N[C@@]3(CCCc4sccc43)C2=O)c(C)n1[C@@H](C)c1ccccc1. The monoisotopic (exact) mass is 461 g/mol. The summed E-state index contributed by atoms with van der Waals surface area (Å²) in [5.74, 6) is -0.539. The van der Waals surface area contributed by atoms with Gasteiger partial charge in [0.25, 0.3) is 5.91 Å². The first-order valence-electron chi connectivity index (χ1n) is 11.3. The third-order valence-electron chi connectivity index (χ3n) is 7.09. The van der Waals surface area contributed by atoms with E-state index < -0.39 is 11.6 Å². The van der Waals surface area contributed by atoms with Gasteiger partial charge in [0.1, 0.15) is 5.54 Å². The van der Waals surface area contributed by atoms with Gasteiger partial charge in [0.15, 0.2) is 5.78 Å². The second kappa shape index (κ2) is 7.99. The number of urea groups is 1. The lowest BCUT2D eigenvalue weighted by molar-refractivity contribution is -0.131. The van der Waals surface area contributed by atoms with Gasteiger partial charge in [0.05, 0.1) is 12.6 Å². The second-order valence-corrected chi connectivity index (χ2v) is 10.0. The van der Waals surface area contributed by atoms with Crippen LogP contribution in [0.25, 0.3) is 0 Å². The summed E-state index contributed by atoms with van der Waals surface area (Å²) in [6, 6.07) is 13.5. The van der Waals surface area contributed by atoms with E-state index in [1.54, 1.807) is 11.3 Å². The third kappa shape index (κ3) is 3.33. The Labute approximate surface area is 197 Å². The summed E-state index contributed by atoms with van der Waals surface area (Å²) in [5.41, 5.74) is 3.38. The van der Waals surface area contributed by atoms with Gasteiger partial charge in [-0.2, -0.15) is 0 Å². The number of fused-ring (bicyclic) bond motifs is 2. The van der Waals surface area contributed by atoms with Crippen LogP contribution in [0.4, 0.5) is 4.79 Å². The van der Waals surface area contributed by atoms with Crippen LogP contribution in [0.3, 0.4) is 0 Å². The Hall–Kier alpha value is -3.19. The molecule has 3 aromatic rings. The van der Waals surface area contributed by atoms with Gasteiger partial charge in [-0.3, -0.25) is 14.5 Å². The molecule has 2 atom stereocenters. The van der Waals surface area contributed by atoms with E-state index in [0.717, 1.165) is 45.1 Å². The zero-order valence-electron chi connectivity index (χ0n) is 19.1. The van der Waals surface area contributed by atoms with Crippen molar-refractivity contribution in [3.05, 3.63) is 80.8 Å². The molecular formula is C26H27N3O3S. The van der Waals surface area contributed by atoms with Crippen molar-refractivity contribution >= 4 is 29.1 Å². The van der Waals surface area contributed by atoms with Crippen molar-refractivity contribution in [2.24, 2.45) is 0 Å². The maximum absolute atomic E-state index is 13.5. The Bertz CT molecular complexity index is 1260. The van der Waals surface area contributed by atoms with E-state index >= 15 is 0 Å². The number of nitrogens with one attached hydrogen (secondary N) is 1. The average molecular weight is 462 g/mol. The predicted molar refractivity (Wildman–Crippen MR) is 128 cm³/mol. The number of benzene rings is 1. The fourth-order valence-corrected chi connectivity index (χ4v) is 6.45. The fourth-order valence-electron chi connectivity index (χ4n) is 5.45. The minimum atomic E-state index is -1.02. The molecule has 1 saturated heterocycles. The number of thiophene rings is 1. The van der Waals surface area contributed by atoms with Crippen molar-refractivity contribution in [2.75, 3.05) is 6.54 Å². The summed E-state index contributed by atoms with van der Waals surface area (Å²) < 4.78 is 2.13. The van der Waals surface area contributed by atoms with Crippen molar-refractivity contribution in [3.63, 3.8) is 0 Å². The summed E-state index contributed by atoms with van der Waals surface area (Å²) in [5, 5.41) is 4.89. The molecule has 0 bridgehead atoms. The second-order valence-electron chi connectivity index (χ2n) is 9.00. The molecule has 5 rings (SSSR count). The van der Waals surface area contributed by atoms with Crippen LogP contribution in [0, 0.1) is 13.8 Å². The maximum Gasteiger partial charge on any atom is 0.325 e. The molecule has 170 valence electrons. The number of Topliss-reactive ketones (excluding diaryl/α,β-unsaturated/α-hetero) is 1. The zero-order valence-corrected chi connectivity index (χ0v) is 19.9. The molecule has 6 nitrogen and oxygen atoms in total. The maximum atomic E-state index is 13.5. The number of ketones is 1. The highest BCUT2D eigenvalue weighted by Crippen LogP contribution is 2.42. The van der Waals surface area contributed by atoms with Crippen LogP contribution < -0.4 is 5.32 Å². The number of carbonyl (C=O) groups excluding carboxylic acids is 3. The van der Waals surface area contributed by atoms with E-state index in [-0.39, 0.29) is 24.3 Å². The minimum Gasteiger partial charge on any atom is -0.341 e. The molecule has 2 aromatic heterocycles. The highest BCUT2D eigenvalue weighted by molar-refractivity contribution is 7.10. The predicted octanol–water partition coefficient (Wildman–Crippen LogP) is 4.74. The summed E-state index contributed by atoms with van der Waals surface area (Å²) in [4.78, 5) is 41.9. The molecule has 1 N–H and O–H groups in total. The molecule has 1 aromatic carbocycles. The van der Waals surface area contributed by atoms with E-state index in [4.69, 9.17) is 0 Å². The molecule has 1 aliphatic heterocycles. The van der Waals surface area contributed by atoms with Crippen molar-refractivity contribution in [3.8, 4) is 0 Å². The summed E-state index contributed by atoms with van der Waals surface area (Å²) in [7, 11) is 0. The van der Waals surface area contributed by atoms with Crippen molar-refractivity contribution in [1.82, 2.24) is 14.8 Å². The zero-order chi connectivity index (χ0) is 23.3. The molecule has 2 aliphatic rings. The first-order chi connectivity index (χ1) is 15.8. The number of aromatic nitrogens is 1. The molecule has 3 amide bonds. The number of amides is 3. The van der Waals surface area contributed by atoms with E-state index in [1.807, 2.05) is 49.6 Å². The molecule has 1 aliphatic carbocycles. The number of aryl methyl sites for hydroxylation is 2. The molecular weight excluding hydrogens is 434 g/mol. The first kappa shape index (κ1) is 21.6. The van der Waals surface area contributed by atoms with Gasteiger partial charge in [0, 0.05) is 27.4 Å². The van der Waals surface area contributed by atoms with Crippen LogP contribution >= 0.6 is 11.3 Å². The molecule has 1 spiro atoms. The number of nitrogens with zero attached hydrogens (tertiary/aromatic N) is 2. The Morgan fingerprint density at radius 2 is 1.94 bits per heavy atom. The fraction of sp³-hybridized carbons (Fsp3) is 0.346. The number of carbonyl (C=O) groups is 3. The van der Waals surface area contributed by atoms with E-state index in [9.17, 15) is 14.4 Å². The van der Waals surface area contributed by atoms with Crippen LogP contribution in [0.2, 0.25) is 0 Å². The van der Waals surface area contributed by atoms with Gasteiger partial charge in [-0.15, -0.1) is 11.3 Å². The van der Waals surface area contributed by atoms with Crippen LogP contribution in [0.5, 0.6) is 0 Å². The largest absolute Gasteiger partial charge is 0.341 e. The number of imide groups is 1. The lowest BCUT2D eigenvalue weighted by Crippen LogP contribution is -2.46. The number of hydrogen-bond acceptors (Lipinski definition) is 4. The number of hydrogen-bond donors (Lipinski definition) is 1. The Morgan fingerprint density at radius 1 is 1.18 bits per heavy atom. The van der Waals surface area contributed by atoms with Crippen molar-refractivity contribution < 1.29 is 14.4 Å². The molecule has 0 radical (unpaired) electrons. The molecule has 1 fully saturated rings. The van der Waals surface area contributed by atoms with E-state index in [2.05, 4.69) is 28.9 Å². The minimum absolute atomic E-state index is 0.0620. The van der Waals surface area contributed by atoms with Gasteiger partial charge in [-0.25, -0.2) is 4.79 Å². The van der Waals surface area contributed by atoms with Gasteiger partial charge < -0.3 is 9.88 Å². The molecule has 0 unspecified atom stereocenters. The first-order valence-corrected chi connectivity index (χ1v) is 12.2. The van der Waals surface area contributed by atoms with Crippen LogP contribution in [0.15, 0.2) is 47.8 Å². The van der Waals surface area contributed by atoms with Gasteiger partial charge in [0.2, 0.25) is 0 Å². The lowest BCUT2D eigenvalue weighted by Gasteiger charge is -2.31. The highest BCUT2D eigenvalue weighted by atomic mass is 32.1. The molecule has 33 heavy (non-hydrogen) atoms. The van der Waals surface area contributed by atoms with Gasteiger partial charge >= 0.3 is 6.03 Å². The molecule has 3 heterocycles. The van der Waals surface area contributed by atoms with Crippen molar-refractivity contribution in [2.45, 2.75) is 51.6 Å².